The molecule has 0 fully saturated rings. The molecule has 2 unspecified atom stereocenters. The molecule has 0 aliphatic rings. The van der Waals surface area contributed by atoms with Crippen LogP contribution in [0, 0.1) is 0 Å². The highest BCUT2D eigenvalue weighted by molar-refractivity contribution is 7.80. The Kier molecular flexibility index (Phi) is 3.15. The van der Waals surface area contributed by atoms with Gasteiger partial charge in [-0.3, -0.25) is 0 Å². The highest BCUT2D eigenvalue weighted by Crippen LogP contribution is 2.24. The summed E-state index contributed by atoms with van der Waals surface area (Å²) in [6.45, 7) is 0. The zero-order chi connectivity index (χ0) is 11.7. The van der Waals surface area contributed by atoms with E-state index >= 15 is 0 Å². The van der Waals surface area contributed by atoms with Gasteiger partial charge in [0.25, 0.3) is 0 Å². The van der Waals surface area contributed by atoms with Crippen LogP contribution >= 0.6 is 0 Å². The molecule has 2 aromatic rings. The summed E-state index contributed by atoms with van der Waals surface area (Å²) in [6, 6.07) is 9.73. The Morgan fingerprint density at radius 1 is 0.938 bits per heavy atom. The summed E-state index contributed by atoms with van der Waals surface area (Å²) in [5.41, 5.74) is 0. The van der Waals surface area contributed by atoms with Gasteiger partial charge in [0.15, 0.2) is 22.2 Å². The first-order valence-electron chi connectivity index (χ1n) is 4.34. The Morgan fingerprint density at radius 3 is 2.25 bits per heavy atom. The molecule has 0 aromatic heterocycles. The topological polar surface area (TPSA) is 74.6 Å². The molecule has 0 saturated carbocycles. The minimum absolute atomic E-state index is 0.121. The molecule has 16 heavy (non-hydrogen) atoms. The van der Waals surface area contributed by atoms with Gasteiger partial charge in [-0.25, -0.2) is 8.42 Å². The summed E-state index contributed by atoms with van der Waals surface area (Å²) in [5.74, 6) is 0. The molecule has 2 atom stereocenters. The lowest BCUT2D eigenvalue weighted by Gasteiger charge is -2.04. The standard InChI is InChI=1S/C10H8O4S2/c11-15(12)8-5-7-3-1-2-4-9(7)10(6-8)16(13)14/h1-6H,(H,11,12)(H,13,14). The van der Waals surface area contributed by atoms with Crippen molar-refractivity contribution in [2.45, 2.75) is 9.79 Å². The predicted molar refractivity (Wildman–Crippen MR) is 62.0 cm³/mol. The Hall–Kier alpha value is -1.08. The Morgan fingerprint density at radius 2 is 1.62 bits per heavy atom. The molecule has 4 nitrogen and oxygen atoms in total. The fourth-order valence-electron chi connectivity index (χ4n) is 1.49. The van der Waals surface area contributed by atoms with Gasteiger partial charge in [0.1, 0.15) is 0 Å². The van der Waals surface area contributed by atoms with E-state index in [0.29, 0.717) is 10.8 Å². The Bertz CT molecular complexity index is 594. The maximum absolute atomic E-state index is 11.1. The first kappa shape index (κ1) is 11.4. The average Bonchev–Trinajstić information content (AvgIpc) is 2.27. The smallest absolute Gasteiger partial charge is 0.187 e. The summed E-state index contributed by atoms with van der Waals surface area (Å²) in [4.78, 5) is 0.270. The van der Waals surface area contributed by atoms with Gasteiger partial charge in [0.2, 0.25) is 0 Å². The van der Waals surface area contributed by atoms with E-state index in [-0.39, 0.29) is 9.79 Å². The van der Waals surface area contributed by atoms with Crippen LogP contribution in [0.1, 0.15) is 0 Å². The number of hydrogen-bond donors (Lipinski definition) is 2. The van der Waals surface area contributed by atoms with E-state index < -0.39 is 22.2 Å². The molecule has 0 aliphatic carbocycles. The SMILES string of the molecule is O=S(O)c1cc(S(=O)O)c2ccccc2c1. The van der Waals surface area contributed by atoms with Crippen molar-refractivity contribution in [2.24, 2.45) is 0 Å². The monoisotopic (exact) mass is 256 g/mol. The second-order valence-corrected chi connectivity index (χ2v) is 5.05. The summed E-state index contributed by atoms with van der Waals surface area (Å²) >= 11 is -4.33. The van der Waals surface area contributed by atoms with Crippen molar-refractivity contribution in [3.8, 4) is 0 Å². The summed E-state index contributed by atoms with van der Waals surface area (Å²) in [7, 11) is 0. The average molecular weight is 256 g/mol. The second-order valence-electron chi connectivity index (χ2n) is 3.14. The lowest BCUT2D eigenvalue weighted by Crippen LogP contribution is -1.95. The van der Waals surface area contributed by atoms with E-state index in [9.17, 15) is 8.42 Å². The van der Waals surface area contributed by atoms with Gasteiger partial charge in [-0.1, -0.05) is 24.3 Å². The minimum atomic E-state index is -2.18. The first-order chi connectivity index (χ1) is 7.59. The van der Waals surface area contributed by atoms with E-state index in [1.807, 2.05) is 0 Å². The van der Waals surface area contributed by atoms with Crippen LogP contribution in [0.5, 0.6) is 0 Å². The minimum Gasteiger partial charge on any atom is -0.302 e. The molecule has 0 heterocycles. The molecule has 0 amide bonds. The van der Waals surface area contributed by atoms with Crippen molar-refractivity contribution in [3.05, 3.63) is 36.4 Å². The highest BCUT2D eigenvalue weighted by Gasteiger charge is 2.10. The summed E-state index contributed by atoms with van der Waals surface area (Å²) in [6.07, 6.45) is 0. The van der Waals surface area contributed by atoms with Crippen LogP contribution in [-0.2, 0) is 22.2 Å². The van der Waals surface area contributed by atoms with Crippen molar-refractivity contribution in [2.75, 3.05) is 0 Å². The molecule has 0 bridgehead atoms. The lowest BCUT2D eigenvalue weighted by molar-refractivity contribution is 0.562. The molecule has 6 heteroatoms. The van der Waals surface area contributed by atoms with Gasteiger partial charge in [-0.2, -0.15) is 0 Å². The van der Waals surface area contributed by atoms with Crippen LogP contribution in [0.3, 0.4) is 0 Å². The van der Waals surface area contributed by atoms with Crippen LogP contribution in [0.15, 0.2) is 46.2 Å². The van der Waals surface area contributed by atoms with Crippen molar-refractivity contribution in [3.63, 3.8) is 0 Å². The van der Waals surface area contributed by atoms with E-state index in [0.717, 1.165) is 0 Å². The third kappa shape index (κ3) is 2.05. The molecule has 2 N–H and O–H groups in total. The highest BCUT2D eigenvalue weighted by atomic mass is 32.2. The molecular formula is C10H8O4S2. The lowest BCUT2D eigenvalue weighted by atomic mass is 10.1. The van der Waals surface area contributed by atoms with E-state index in [1.54, 1.807) is 24.3 Å². The maximum Gasteiger partial charge on any atom is 0.187 e. The fraction of sp³-hybridized carbons (Fsp3) is 0. The molecule has 2 aromatic carbocycles. The van der Waals surface area contributed by atoms with Gasteiger partial charge >= 0.3 is 0 Å². The summed E-state index contributed by atoms with van der Waals surface area (Å²) in [5, 5.41) is 1.28. The Labute approximate surface area is 96.9 Å². The molecule has 84 valence electrons. The van der Waals surface area contributed by atoms with Crippen LogP contribution in [0.2, 0.25) is 0 Å². The van der Waals surface area contributed by atoms with Gasteiger partial charge < -0.3 is 9.11 Å². The maximum atomic E-state index is 11.1. The Balaban J connectivity index is 2.84. The van der Waals surface area contributed by atoms with Crippen molar-refractivity contribution in [1.82, 2.24) is 0 Å². The van der Waals surface area contributed by atoms with Crippen LogP contribution in [0.4, 0.5) is 0 Å². The van der Waals surface area contributed by atoms with Crippen molar-refractivity contribution >= 4 is 32.9 Å². The number of hydrogen-bond acceptors (Lipinski definition) is 2. The number of fused-ring (bicyclic) bond motifs is 1. The molecule has 0 saturated heterocycles. The molecule has 0 aliphatic heterocycles. The van der Waals surface area contributed by atoms with Crippen molar-refractivity contribution in [1.29, 1.82) is 0 Å². The summed E-state index contributed by atoms with van der Waals surface area (Å²) < 4.78 is 40.2. The van der Waals surface area contributed by atoms with Crippen LogP contribution in [0.25, 0.3) is 10.8 Å². The van der Waals surface area contributed by atoms with E-state index in [1.165, 1.54) is 12.1 Å². The zero-order valence-electron chi connectivity index (χ0n) is 7.99. The number of benzene rings is 2. The normalized spacial score (nSPS) is 14.9. The van der Waals surface area contributed by atoms with E-state index in [4.69, 9.17) is 9.11 Å². The van der Waals surface area contributed by atoms with Gasteiger partial charge in [0.05, 0.1) is 9.79 Å². The predicted octanol–water partition coefficient (Wildman–Crippen LogP) is 2.00. The van der Waals surface area contributed by atoms with Crippen LogP contribution in [-0.4, -0.2) is 17.5 Å². The fourth-order valence-corrected chi connectivity index (χ4v) is 2.62. The first-order valence-corrected chi connectivity index (χ1v) is 6.55. The number of rotatable bonds is 2. The molecule has 2 rings (SSSR count). The zero-order valence-corrected chi connectivity index (χ0v) is 9.62. The van der Waals surface area contributed by atoms with Gasteiger partial charge in [-0.05, 0) is 17.5 Å². The quantitative estimate of drug-likeness (QED) is 0.806. The second kappa shape index (κ2) is 4.42. The largest absolute Gasteiger partial charge is 0.302 e. The van der Waals surface area contributed by atoms with Crippen LogP contribution < -0.4 is 0 Å². The molecule has 0 radical (unpaired) electrons. The molecule has 0 spiro atoms. The van der Waals surface area contributed by atoms with Crippen molar-refractivity contribution < 1.29 is 17.5 Å². The third-order valence-electron chi connectivity index (χ3n) is 2.19. The molecular weight excluding hydrogens is 248 g/mol. The van der Waals surface area contributed by atoms with Gasteiger partial charge in [0, 0.05) is 5.39 Å². The van der Waals surface area contributed by atoms with Gasteiger partial charge in [-0.15, -0.1) is 0 Å². The third-order valence-corrected chi connectivity index (χ3v) is 3.54. The van der Waals surface area contributed by atoms with E-state index in [2.05, 4.69) is 0 Å².